The third-order valence-electron chi connectivity index (χ3n) is 5.78. The van der Waals surface area contributed by atoms with Gasteiger partial charge in [-0.3, -0.25) is 9.69 Å². The molecule has 180 valence electrons. The van der Waals surface area contributed by atoms with Crippen LogP contribution in [-0.2, 0) is 16.4 Å². The van der Waals surface area contributed by atoms with Crippen LogP contribution in [0, 0.1) is 5.82 Å². The lowest BCUT2D eigenvalue weighted by atomic mass is 10.2. The summed E-state index contributed by atoms with van der Waals surface area (Å²) in [6, 6.07) is 15.9. The molecular formula is C25H26FNO6S. The van der Waals surface area contributed by atoms with Crippen molar-refractivity contribution in [3.63, 3.8) is 0 Å². The molecular weight excluding hydrogens is 461 g/mol. The Bertz CT molecular complexity index is 1210. The Hall–Kier alpha value is -3.01. The minimum Gasteiger partial charge on any atom is -0.491 e. The van der Waals surface area contributed by atoms with Crippen molar-refractivity contribution in [2.45, 2.75) is 25.1 Å². The predicted octanol–water partition coefficient (Wildman–Crippen LogP) is 3.33. The molecule has 0 amide bonds. The SMILES string of the molecule is O=Cc1ccc(OCC(O)CN(Cc2ccc(-c3ccc(F)cc3)o2)C2CCS(=O)(=O)C2)cc1. The highest BCUT2D eigenvalue weighted by Crippen LogP contribution is 2.26. The summed E-state index contributed by atoms with van der Waals surface area (Å²) in [6.07, 6.45) is 0.345. The molecule has 2 unspecified atom stereocenters. The van der Waals surface area contributed by atoms with Gasteiger partial charge in [0.15, 0.2) is 9.84 Å². The van der Waals surface area contributed by atoms with E-state index in [1.165, 1.54) is 12.1 Å². The van der Waals surface area contributed by atoms with Crippen LogP contribution in [0.4, 0.5) is 4.39 Å². The average Bonchev–Trinajstić information content (AvgIpc) is 3.44. The number of carbonyl (C=O) groups is 1. The molecule has 2 atom stereocenters. The van der Waals surface area contributed by atoms with Crippen LogP contribution in [0.15, 0.2) is 65.1 Å². The summed E-state index contributed by atoms with van der Waals surface area (Å²) in [7, 11) is -3.12. The molecule has 1 saturated heterocycles. The monoisotopic (exact) mass is 487 g/mol. The molecule has 2 aromatic carbocycles. The van der Waals surface area contributed by atoms with E-state index < -0.39 is 15.9 Å². The van der Waals surface area contributed by atoms with Gasteiger partial charge in [-0.2, -0.15) is 0 Å². The molecule has 3 aromatic rings. The summed E-state index contributed by atoms with van der Waals surface area (Å²) in [5.74, 6) is 1.52. The molecule has 0 spiro atoms. The van der Waals surface area contributed by atoms with Gasteiger partial charge >= 0.3 is 0 Å². The molecule has 1 aromatic heterocycles. The lowest BCUT2D eigenvalue weighted by Crippen LogP contribution is -2.42. The van der Waals surface area contributed by atoms with E-state index >= 15 is 0 Å². The summed E-state index contributed by atoms with van der Waals surface area (Å²) in [4.78, 5) is 12.7. The number of nitrogens with zero attached hydrogens (tertiary/aromatic N) is 1. The van der Waals surface area contributed by atoms with Gasteiger partial charge in [0, 0.05) is 23.7 Å². The van der Waals surface area contributed by atoms with Gasteiger partial charge in [-0.1, -0.05) is 0 Å². The van der Waals surface area contributed by atoms with Crippen molar-refractivity contribution >= 4 is 16.1 Å². The second-order valence-corrected chi connectivity index (χ2v) is 10.6. The number of aliphatic hydroxyl groups excluding tert-OH is 1. The quantitative estimate of drug-likeness (QED) is 0.438. The molecule has 9 heteroatoms. The maximum atomic E-state index is 13.2. The maximum Gasteiger partial charge on any atom is 0.151 e. The minimum atomic E-state index is -3.12. The van der Waals surface area contributed by atoms with E-state index in [4.69, 9.17) is 9.15 Å². The molecule has 7 nitrogen and oxygen atoms in total. The van der Waals surface area contributed by atoms with Crippen LogP contribution < -0.4 is 4.74 Å². The third-order valence-corrected chi connectivity index (χ3v) is 7.53. The number of hydrogen-bond acceptors (Lipinski definition) is 7. The van der Waals surface area contributed by atoms with Crippen molar-refractivity contribution in [3.8, 4) is 17.1 Å². The van der Waals surface area contributed by atoms with Crippen LogP contribution in [0.5, 0.6) is 5.75 Å². The number of halogens is 1. The maximum absolute atomic E-state index is 13.2. The first kappa shape index (κ1) is 24.1. The van der Waals surface area contributed by atoms with E-state index in [9.17, 15) is 22.7 Å². The third kappa shape index (κ3) is 6.31. The van der Waals surface area contributed by atoms with Crippen molar-refractivity contribution in [3.05, 3.63) is 77.8 Å². The van der Waals surface area contributed by atoms with Crippen molar-refractivity contribution in [1.82, 2.24) is 4.90 Å². The molecule has 1 aliphatic heterocycles. The number of ether oxygens (including phenoxy) is 1. The molecule has 0 radical (unpaired) electrons. The first-order valence-electron chi connectivity index (χ1n) is 11.0. The van der Waals surface area contributed by atoms with Crippen LogP contribution in [0.25, 0.3) is 11.3 Å². The first-order valence-corrected chi connectivity index (χ1v) is 12.8. The van der Waals surface area contributed by atoms with Crippen LogP contribution >= 0.6 is 0 Å². The second kappa shape index (κ2) is 10.5. The predicted molar refractivity (Wildman–Crippen MR) is 125 cm³/mol. The molecule has 0 saturated carbocycles. The van der Waals surface area contributed by atoms with Gasteiger partial charge in [0.2, 0.25) is 0 Å². The van der Waals surface area contributed by atoms with Crippen molar-refractivity contribution in [2.24, 2.45) is 0 Å². The molecule has 4 rings (SSSR count). The fourth-order valence-corrected chi connectivity index (χ4v) is 5.76. The molecule has 1 fully saturated rings. The molecule has 0 bridgehead atoms. The fraction of sp³-hybridized carbons (Fsp3) is 0.320. The lowest BCUT2D eigenvalue weighted by Gasteiger charge is -2.29. The summed E-state index contributed by atoms with van der Waals surface area (Å²) >= 11 is 0. The number of rotatable bonds is 10. The number of benzene rings is 2. The van der Waals surface area contributed by atoms with Crippen LogP contribution in [0.1, 0.15) is 22.5 Å². The van der Waals surface area contributed by atoms with Gasteiger partial charge in [-0.15, -0.1) is 0 Å². The zero-order valence-electron chi connectivity index (χ0n) is 18.5. The first-order chi connectivity index (χ1) is 16.3. The number of sulfone groups is 1. The van der Waals surface area contributed by atoms with E-state index in [0.717, 1.165) is 11.8 Å². The molecule has 1 aliphatic rings. The zero-order chi connectivity index (χ0) is 24.1. The van der Waals surface area contributed by atoms with E-state index in [0.29, 0.717) is 35.8 Å². The number of carbonyl (C=O) groups excluding carboxylic acids is 1. The van der Waals surface area contributed by atoms with Gasteiger partial charge in [0.1, 0.15) is 42.1 Å². The Kier molecular flexibility index (Phi) is 7.45. The fourth-order valence-electron chi connectivity index (χ4n) is 4.00. The van der Waals surface area contributed by atoms with Crippen LogP contribution in [-0.4, -0.2) is 61.5 Å². The second-order valence-electron chi connectivity index (χ2n) is 8.41. The van der Waals surface area contributed by atoms with E-state index in [1.807, 2.05) is 4.90 Å². The van der Waals surface area contributed by atoms with Gasteiger partial charge in [0.25, 0.3) is 0 Å². The molecule has 34 heavy (non-hydrogen) atoms. The molecule has 1 N–H and O–H groups in total. The highest BCUT2D eigenvalue weighted by molar-refractivity contribution is 7.91. The van der Waals surface area contributed by atoms with Crippen molar-refractivity contribution in [1.29, 1.82) is 0 Å². The van der Waals surface area contributed by atoms with Crippen LogP contribution in [0.3, 0.4) is 0 Å². The van der Waals surface area contributed by atoms with Gasteiger partial charge in [-0.05, 0) is 67.1 Å². The summed E-state index contributed by atoms with van der Waals surface area (Å²) < 4.78 is 48.9. The number of hydrogen-bond donors (Lipinski definition) is 1. The van der Waals surface area contributed by atoms with Gasteiger partial charge < -0.3 is 14.3 Å². The number of aldehydes is 1. The largest absolute Gasteiger partial charge is 0.491 e. The van der Waals surface area contributed by atoms with E-state index in [2.05, 4.69) is 0 Å². The zero-order valence-corrected chi connectivity index (χ0v) is 19.3. The number of furan rings is 1. The Balaban J connectivity index is 1.42. The van der Waals surface area contributed by atoms with Crippen molar-refractivity contribution < 1.29 is 31.9 Å². The summed E-state index contributed by atoms with van der Waals surface area (Å²) in [5, 5.41) is 10.6. The Labute approximate surface area is 197 Å². The van der Waals surface area contributed by atoms with E-state index in [-0.39, 0.29) is 36.5 Å². The Morgan fingerprint density at radius 2 is 1.85 bits per heavy atom. The smallest absolute Gasteiger partial charge is 0.151 e. The normalized spacial score (nSPS) is 18.1. The van der Waals surface area contributed by atoms with Crippen molar-refractivity contribution in [2.75, 3.05) is 24.7 Å². The average molecular weight is 488 g/mol. The Morgan fingerprint density at radius 1 is 1.12 bits per heavy atom. The summed E-state index contributed by atoms with van der Waals surface area (Å²) in [5.41, 5.74) is 1.26. The van der Waals surface area contributed by atoms with Gasteiger partial charge in [-0.25, -0.2) is 12.8 Å². The van der Waals surface area contributed by atoms with Gasteiger partial charge in [0.05, 0.1) is 18.1 Å². The highest BCUT2D eigenvalue weighted by Gasteiger charge is 2.33. The lowest BCUT2D eigenvalue weighted by molar-refractivity contribution is 0.0498. The van der Waals surface area contributed by atoms with E-state index in [1.54, 1.807) is 48.5 Å². The Morgan fingerprint density at radius 3 is 2.50 bits per heavy atom. The standard InChI is InChI=1S/C25H26FNO6S/c26-20-5-3-19(4-6-20)25-10-9-24(33-25)14-27(21-11-12-34(30,31)17-21)13-22(29)16-32-23-7-1-18(15-28)2-8-23/h1-10,15,21-22,29H,11-14,16-17H2. The van der Waals surface area contributed by atoms with Crippen LogP contribution in [0.2, 0.25) is 0 Å². The number of aliphatic hydroxyl groups is 1. The minimum absolute atomic E-state index is 0.00932. The summed E-state index contributed by atoms with van der Waals surface area (Å²) in [6.45, 7) is 0.515. The molecule has 0 aliphatic carbocycles. The molecule has 2 heterocycles. The highest BCUT2D eigenvalue weighted by atomic mass is 32.2. The topological polar surface area (TPSA) is 97.1 Å².